The van der Waals surface area contributed by atoms with Crippen LogP contribution in [-0.2, 0) is 13.2 Å². The number of rotatable bonds is 3. The van der Waals surface area contributed by atoms with E-state index in [1.54, 1.807) is 11.0 Å². The molecule has 1 aliphatic rings. The highest BCUT2D eigenvalue weighted by Gasteiger charge is 2.39. The van der Waals surface area contributed by atoms with Crippen molar-refractivity contribution >= 4 is 17.2 Å². The molecule has 8 nitrogen and oxygen atoms in total. The van der Waals surface area contributed by atoms with Gasteiger partial charge in [0.1, 0.15) is 0 Å². The second-order valence-corrected chi connectivity index (χ2v) is 7.63. The fourth-order valence-corrected chi connectivity index (χ4v) is 4.00. The van der Waals surface area contributed by atoms with Crippen molar-refractivity contribution in [1.82, 2.24) is 24.4 Å². The maximum Gasteiger partial charge on any atom is 0.451 e. The zero-order valence-corrected chi connectivity index (χ0v) is 16.0. The lowest BCUT2D eigenvalue weighted by atomic mass is 10.0. The first-order valence-corrected chi connectivity index (χ1v) is 9.66. The third-order valence-electron chi connectivity index (χ3n) is 4.85. The Balaban J connectivity index is 1.45. The quantitative estimate of drug-likeness (QED) is 0.642. The van der Waals surface area contributed by atoms with E-state index in [1.165, 1.54) is 11.3 Å². The summed E-state index contributed by atoms with van der Waals surface area (Å²) >= 11 is 1.46. The zero-order valence-electron chi connectivity index (χ0n) is 15.2. The van der Waals surface area contributed by atoms with Gasteiger partial charge in [0.2, 0.25) is 5.82 Å². The molecule has 3 aromatic heterocycles. The average Bonchev–Trinajstić information content (AvgIpc) is 3.42. The van der Waals surface area contributed by atoms with Crippen LogP contribution in [0, 0.1) is 0 Å². The molecule has 0 radical (unpaired) electrons. The number of carbonyl (C=O) groups excluding carboxylic acids is 1. The SMILES string of the molecule is Cn1c(C(F)(F)F)nn(C2CCN(C(=O)c3cc(-c4cccs4)on3)CC2)c1=O. The van der Waals surface area contributed by atoms with Crippen LogP contribution < -0.4 is 5.69 Å². The first kappa shape index (κ1) is 19.4. The third kappa shape index (κ3) is 3.59. The molecule has 1 saturated heterocycles. The van der Waals surface area contributed by atoms with E-state index in [2.05, 4.69) is 10.3 Å². The monoisotopic (exact) mass is 427 g/mol. The van der Waals surface area contributed by atoms with E-state index in [0.717, 1.165) is 16.6 Å². The molecule has 0 spiro atoms. The first-order valence-electron chi connectivity index (χ1n) is 8.78. The van der Waals surface area contributed by atoms with Gasteiger partial charge in [0.05, 0.1) is 10.9 Å². The van der Waals surface area contributed by atoms with Crippen LogP contribution in [0.5, 0.6) is 0 Å². The van der Waals surface area contributed by atoms with Gasteiger partial charge in [0, 0.05) is 26.2 Å². The second-order valence-electron chi connectivity index (χ2n) is 6.68. The van der Waals surface area contributed by atoms with Gasteiger partial charge in [-0.05, 0) is 24.3 Å². The molecule has 0 unspecified atom stereocenters. The largest absolute Gasteiger partial charge is 0.451 e. The molecule has 29 heavy (non-hydrogen) atoms. The Morgan fingerprint density at radius 3 is 2.62 bits per heavy atom. The summed E-state index contributed by atoms with van der Waals surface area (Å²) in [7, 11) is 1.04. The van der Waals surface area contributed by atoms with Gasteiger partial charge < -0.3 is 9.42 Å². The van der Waals surface area contributed by atoms with Gasteiger partial charge in [0.15, 0.2) is 11.5 Å². The average molecular weight is 427 g/mol. The van der Waals surface area contributed by atoms with Crippen LogP contribution in [0.2, 0.25) is 0 Å². The highest BCUT2D eigenvalue weighted by Crippen LogP contribution is 2.29. The number of likely N-dealkylation sites (tertiary alicyclic amines) is 1. The predicted molar refractivity (Wildman–Crippen MR) is 96.5 cm³/mol. The molecule has 0 N–H and O–H groups in total. The number of hydrogen-bond acceptors (Lipinski definition) is 6. The van der Waals surface area contributed by atoms with Gasteiger partial charge in [-0.25, -0.2) is 9.48 Å². The zero-order chi connectivity index (χ0) is 20.8. The summed E-state index contributed by atoms with van der Waals surface area (Å²) < 4.78 is 45.5. The van der Waals surface area contributed by atoms with Crippen molar-refractivity contribution in [2.75, 3.05) is 13.1 Å². The molecular formula is C17H16F3N5O3S. The Morgan fingerprint density at radius 1 is 1.31 bits per heavy atom. The lowest BCUT2D eigenvalue weighted by Gasteiger charge is -2.31. The van der Waals surface area contributed by atoms with Crippen molar-refractivity contribution in [3.8, 4) is 10.6 Å². The van der Waals surface area contributed by atoms with Crippen LogP contribution in [0.25, 0.3) is 10.6 Å². The summed E-state index contributed by atoms with van der Waals surface area (Å²) in [5.74, 6) is -1.05. The molecule has 0 atom stereocenters. The number of nitrogens with zero attached hydrogens (tertiary/aromatic N) is 5. The lowest BCUT2D eigenvalue weighted by molar-refractivity contribution is -0.147. The molecule has 0 saturated carbocycles. The minimum absolute atomic E-state index is 0.168. The Labute approximate surface area is 166 Å². The summed E-state index contributed by atoms with van der Waals surface area (Å²) in [4.78, 5) is 27.2. The standard InChI is InChI=1S/C17H16F3N5O3S/c1-23-15(17(18,19)20)21-25(16(23)27)10-4-6-24(7-5-10)14(26)11-9-12(28-22-11)13-3-2-8-29-13/h2-3,8-10H,4-7H2,1H3. The van der Waals surface area contributed by atoms with E-state index >= 15 is 0 Å². The van der Waals surface area contributed by atoms with E-state index in [1.807, 2.05) is 17.5 Å². The van der Waals surface area contributed by atoms with Crippen LogP contribution in [0.15, 0.2) is 32.9 Å². The number of piperidine rings is 1. The molecule has 1 fully saturated rings. The number of carbonyl (C=O) groups is 1. The van der Waals surface area contributed by atoms with E-state index in [4.69, 9.17) is 4.52 Å². The fraction of sp³-hybridized carbons (Fsp3) is 0.412. The first-order chi connectivity index (χ1) is 13.8. The smallest absolute Gasteiger partial charge is 0.355 e. The summed E-state index contributed by atoms with van der Waals surface area (Å²) in [5, 5.41) is 9.18. The number of hydrogen-bond donors (Lipinski definition) is 0. The maximum absolute atomic E-state index is 13.0. The molecule has 1 amide bonds. The second kappa shape index (κ2) is 7.17. The van der Waals surface area contributed by atoms with Gasteiger partial charge in [-0.2, -0.15) is 13.2 Å². The minimum Gasteiger partial charge on any atom is -0.355 e. The minimum atomic E-state index is -4.71. The summed E-state index contributed by atoms with van der Waals surface area (Å²) in [6, 6.07) is 4.77. The summed E-state index contributed by atoms with van der Waals surface area (Å²) in [6.45, 7) is 0.546. The van der Waals surface area contributed by atoms with Crippen molar-refractivity contribution in [1.29, 1.82) is 0 Å². The molecule has 3 aromatic rings. The molecule has 0 aliphatic carbocycles. The summed E-state index contributed by atoms with van der Waals surface area (Å²) in [6.07, 6.45) is -4.08. The van der Waals surface area contributed by atoms with Crippen molar-refractivity contribution < 1.29 is 22.5 Å². The molecule has 4 heterocycles. The maximum atomic E-state index is 13.0. The van der Waals surface area contributed by atoms with Crippen molar-refractivity contribution in [3.05, 3.63) is 45.6 Å². The summed E-state index contributed by atoms with van der Waals surface area (Å²) in [5.41, 5.74) is -0.652. The van der Waals surface area contributed by atoms with Crippen molar-refractivity contribution in [2.24, 2.45) is 7.05 Å². The lowest BCUT2D eigenvalue weighted by Crippen LogP contribution is -2.41. The van der Waals surface area contributed by atoms with E-state index in [9.17, 15) is 22.8 Å². The Bertz CT molecular complexity index is 1070. The van der Waals surface area contributed by atoms with Crippen LogP contribution in [-0.4, -0.2) is 43.4 Å². The van der Waals surface area contributed by atoms with Crippen LogP contribution in [0.4, 0.5) is 13.2 Å². The Hall–Kier alpha value is -2.89. The number of aromatic nitrogens is 4. The van der Waals surface area contributed by atoms with Gasteiger partial charge in [-0.15, -0.1) is 16.4 Å². The number of thiophene rings is 1. The number of amides is 1. The van der Waals surface area contributed by atoms with Gasteiger partial charge >= 0.3 is 11.9 Å². The Morgan fingerprint density at radius 2 is 2.03 bits per heavy atom. The number of halogens is 3. The van der Waals surface area contributed by atoms with Gasteiger partial charge in [0.25, 0.3) is 5.91 Å². The molecule has 154 valence electrons. The van der Waals surface area contributed by atoms with E-state index < -0.39 is 23.7 Å². The van der Waals surface area contributed by atoms with Crippen LogP contribution in [0.1, 0.15) is 35.2 Å². The Kier molecular flexibility index (Phi) is 4.81. The molecule has 0 bridgehead atoms. The van der Waals surface area contributed by atoms with Crippen LogP contribution in [0.3, 0.4) is 0 Å². The highest BCUT2D eigenvalue weighted by molar-refractivity contribution is 7.13. The number of alkyl halides is 3. The molecule has 12 heteroatoms. The normalized spacial score (nSPS) is 15.8. The van der Waals surface area contributed by atoms with Crippen molar-refractivity contribution in [2.45, 2.75) is 25.1 Å². The van der Waals surface area contributed by atoms with Gasteiger partial charge in [-0.1, -0.05) is 11.2 Å². The molecule has 4 rings (SSSR count). The predicted octanol–water partition coefficient (Wildman–Crippen LogP) is 2.79. The fourth-order valence-electron chi connectivity index (χ4n) is 3.33. The molecular weight excluding hydrogens is 411 g/mol. The third-order valence-corrected chi connectivity index (χ3v) is 5.73. The molecule has 0 aromatic carbocycles. The molecule has 1 aliphatic heterocycles. The van der Waals surface area contributed by atoms with Crippen molar-refractivity contribution in [3.63, 3.8) is 0 Å². The van der Waals surface area contributed by atoms with E-state index in [0.29, 0.717) is 23.2 Å². The van der Waals surface area contributed by atoms with E-state index in [-0.39, 0.29) is 24.7 Å². The van der Waals surface area contributed by atoms with Crippen LogP contribution >= 0.6 is 11.3 Å². The highest BCUT2D eigenvalue weighted by atomic mass is 32.1. The van der Waals surface area contributed by atoms with Gasteiger partial charge in [-0.3, -0.25) is 9.36 Å². The topological polar surface area (TPSA) is 86.2 Å².